The van der Waals surface area contributed by atoms with E-state index in [2.05, 4.69) is 15.6 Å². The number of halogens is 4. The lowest BCUT2D eigenvalue weighted by molar-refractivity contribution is -0.140. The lowest BCUT2D eigenvalue weighted by Gasteiger charge is -2.30. The van der Waals surface area contributed by atoms with E-state index in [4.69, 9.17) is 9.15 Å². The molecule has 4 atom stereocenters. The fraction of sp³-hybridized carbons (Fsp3) is 0.345. The lowest BCUT2D eigenvalue weighted by atomic mass is 9.83. The number of carbonyl (C=O) groups excluding carboxylic acids is 2. The molecule has 0 aliphatic heterocycles. The molecule has 2 bridgehead atoms. The number of benzene rings is 2. The van der Waals surface area contributed by atoms with Gasteiger partial charge in [0.15, 0.2) is 0 Å². The Morgan fingerprint density at radius 3 is 2.48 bits per heavy atom. The standard InChI is InChI=1S/C29H27F4N3O4/c1-14(2)23-17-6-7-18(23)25(24(17)27(38)35-16-5-8-21(30)20(13-16)29(31,32)33)36-26(37)19-12-15(4-9-22(19)39-3)28-34-10-11-40-28/h4-5,8-13,17-18,24-25H,6-7H2,1-3H3,(H,35,38)(H,36,37)/t17?,18?,24-,25+/m0/s1. The van der Waals surface area contributed by atoms with Crippen LogP contribution in [-0.4, -0.2) is 29.9 Å². The summed E-state index contributed by atoms with van der Waals surface area (Å²) in [4.78, 5) is 31.3. The van der Waals surface area contributed by atoms with Crippen molar-refractivity contribution in [3.05, 3.63) is 76.9 Å². The van der Waals surface area contributed by atoms with Gasteiger partial charge >= 0.3 is 6.18 Å². The van der Waals surface area contributed by atoms with Gasteiger partial charge in [0.25, 0.3) is 5.91 Å². The van der Waals surface area contributed by atoms with Gasteiger partial charge in [0, 0.05) is 23.2 Å². The number of oxazole rings is 1. The second-order valence-electron chi connectivity index (χ2n) is 10.2. The van der Waals surface area contributed by atoms with Gasteiger partial charge in [-0.3, -0.25) is 9.59 Å². The third-order valence-corrected chi connectivity index (χ3v) is 7.68. The molecule has 2 aromatic carbocycles. The second kappa shape index (κ2) is 10.4. The number of hydrogen-bond acceptors (Lipinski definition) is 5. The van der Waals surface area contributed by atoms with Crippen molar-refractivity contribution in [3.8, 4) is 17.2 Å². The first kappa shape index (κ1) is 27.4. The molecule has 0 saturated heterocycles. The first-order chi connectivity index (χ1) is 19.0. The van der Waals surface area contributed by atoms with E-state index in [9.17, 15) is 27.2 Å². The first-order valence-electron chi connectivity index (χ1n) is 12.7. The van der Waals surface area contributed by atoms with Crippen LogP contribution in [-0.2, 0) is 11.0 Å². The van der Waals surface area contributed by atoms with Crippen LogP contribution in [0.2, 0.25) is 0 Å². The summed E-state index contributed by atoms with van der Waals surface area (Å²) >= 11 is 0. The zero-order valence-electron chi connectivity index (χ0n) is 21.9. The van der Waals surface area contributed by atoms with Gasteiger partial charge in [-0.1, -0.05) is 11.1 Å². The maximum Gasteiger partial charge on any atom is 0.419 e. The van der Waals surface area contributed by atoms with Crippen molar-refractivity contribution in [3.63, 3.8) is 0 Å². The van der Waals surface area contributed by atoms with Gasteiger partial charge in [0.1, 0.15) is 17.8 Å². The molecule has 1 aromatic heterocycles. The molecule has 2 amide bonds. The quantitative estimate of drug-likeness (QED) is 0.277. The Labute approximate surface area is 227 Å². The van der Waals surface area contributed by atoms with Crippen molar-refractivity contribution in [2.24, 2.45) is 17.8 Å². The van der Waals surface area contributed by atoms with Crippen molar-refractivity contribution in [1.82, 2.24) is 10.3 Å². The number of alkyl halides is 3. The van der Waals surface area contributed by atoms with E-state index >= 15 is 0 Å². The summed E-state index contributed by atoms with van der Waals surface area (Å²) in [6, 6.07) is 6.63. The lowest BCUT2D eigenvalue weighted by Crippen LogP contribution is -2.48. The number of ether oxygens (including phenoxy) is 1. The van der Waals surface area contributed by atoms with Gasteiger partial charge < -0.3 is 19.8 Å². The minimum absolute atomic E-state index is 0.116. The molecule has 2 aliphatic carbocycles. The molecule has 11 heteroatoms. The van der Waals surface area contributed by atoms with Crippen LogP contribution in [0.3, 0.4) is 0 Å². The maximum atomic E-state index is 13.8. The van der Waals surface area contributed by atoms with Crippen molar-refractivity contribution in [1.29, 1.82) is 0 Å². The minimum atomic E-state index is -4.91. The Kier molecular flexibility index (Phi) is 7.16. The van der Waals surface area contributed by atoms with Gasteiger partial charge in [0.2, 0.25) is 11.8 Å². The van der Waals surface area contributed by atoms with E-state index in [1.807, 2.05) is 13.8 Å². The molecule has 2 fully saturated rings. The summed E-state index contributed by atoms with van der Waals surface area (Å²) in [7, 11) is 1.43. The van der Waals surface area contributed by atoms with Crippen LogP contribution < -0.4 is 15.4 Å². The number of nitrogens with zero attached hydrogens (tertiary/aromatic N) is 1. The van der Waals surface area contributed by atoms with Crippen molar-refractivity contribution in [2.45, 2.75) is 38.9 Å². The number of carbonyl (C=O) groups is 2. The molecule has 2 unspecified atom stereocenters. The summed E-state index contributed by atoms with van der Waals surface area (Å²) in [5, 5.41) is 5.55. The molecule has 2 saturated carbocycles. The van der Waals surface area contributed by atoms with Crippen LogP contribution in [0, 0.1) is 23.6 Å². The molecule has 40 heavy (non-hydrogen) atoms. The predicted molar refractivity (Wildman–Crippen MR) is 138 cm³/mol. The number of rotatable bonds is 6. The monoisotopic (exact) mass is 557 g/mol. The van der Waals surface area contributed by atoms with Crippen LogP contribution in [0.15, 0.2) is 64.4 Å². The molecule has 210 valence electrons. The molecule has 3 aromatic rings. The van der Waals surface area contributed by atoms with E-state index in [0.29, 0.717) is 35.8 Å². The molecule has 2 N–H and O–H groups in total. The highest BCUT2D eigenvalue weighted by molar-refractivity contribution is 6.00. The molecule has 7 nitrogen and oxygen atoms in total. The van der Waals surface area contributed by atoms with Crippen LogP contribution in [0.4, 0.5) is 23.2 Å². The van der Waals surface area contributed by atoms with Gasteiger partial charge in [-0.25, -0.2) is 9.37 Å². The Hall–Kier alpha value is -4.15. The number of hydrogen-bond donors (Lipinski definition) is 2. The molecular weight excluding hydrogens is 530 g/mol. The first-order valence-corrected chi connectivity index (χ1v) is 12.7. The van der Waals surface area contributed by atoms with Gasteiger partial charge in [-0.05, 0) is 69.0 Å². The van der Waals surface area contributed by atoms with E-state index in [1.54, 1.807) is 18.2 Å². The van der Waals surface area contributed by atoms with Crippen LogP contribution in [0.1, 0.15) is 42.6 Å². The van der Waals surface area contributed by atoms with Gasteiger partial charge in [-0.2, -0.15) is 13.2 Å². The number of anilines is 1. The van der Waals surface area contributed by atoms with Crippen molar-refractivity contribution >= 4 is 17.5 Å². The Bertz CT molecular complexity index is 1480. The van der Waals surface area contributed by atoms with Crippen LogP contribution >= 0.6 is 0 Å². The Morgan fingerprint density at radius 1 is 1.07 bits per heavy atom. The molecular formula is C29H27F4N3O4. The van der Waals surface area contributed by atoms with Crippen molar-refractivity contribution in [2.75, 3.05) is 12.4 Å². The number of amides is 2. The van der Waals surface area contributed by atoms with Crippen LogP contribution in [0.25, 0.3) is 11.5 Å². The largest absolute Gasteiger partial charge is 0.496 e. The van der Waals surface area contributed by atoms with Crippen molar-refractivity contribution < 1.29 is 36.3 Å². The normalized spacial score (nSPS) is 21.8. The average Bonchev–Trinajstić information content (AvgIpc) is 3.65. The third kappa shape index (κ3) is 4.96. The summed E-state index contributed by atoms with van der Waals surface area (Å²) < 4.78 is 64.3. The van der Waals surface area contributed by atoms with E-state index < -0.39 is 41.3 Å². The smallest absolute Gasteiger partial charge is 0.419 e. The number of allylic oxidation sites excluding steroid dienone is 1. The van der Waals surface area contributed by atoms with Gasteiger partial charge in [0.05, 0.1) is 30.4 Å². The topological polar surface area (TPSA) is 93.5 Å². The Morgan fingerprint density at radius 2 is 1.82 bits per heavy atom. The highest BCUT2D eigenvalue weighted by Gasteiger charge is 2.55. The molecule has 0 spiro atoms. The predicted octanol–water partition coefficient (Wildman–Crippen LogP) is 6.24. The summed E-state index contributed by atoms with van der Waals surface area (Å²) in [6.45, 7) is 3.89. The van der Waals surface area contributed by atoms with Crippen LogP contribution in [0.5, 0.6) is 5.75 Å². The summed E-state index contributed by atoms with van der Waals surface area (Å²) in [6.07, 6.45) is -0.561. The molecule has 1 heterocycles. The zero-order chi connectivity index (χ0) is 28.8. The van der Waals surface area contributed by atoms with E-state index in [-0.39, 0.29) is 23.1 Å². The zero-order valence-corrected chi connectivity index (χ0v) is 21.9. The maximum absolute atomic E-state index is 13.8. The molecule has 0 radical (unpaired) electrons. The number of nitrogens with one attached hydrogen (secondary N) is 2. The number of methoxy groups -OCH3 is 1. The van der Waals surface area contributed by atoms with E-state index in [1.165, 1.54) is 19.6 Å². The minimum Gasteiger partial charge on any atom is -0.496 e. The molecule has 2 aliphatic rings. The highest BCUT2D eigenvalue weighted by Crippen LogP contribution is 2.54. The average molecular weight is 558 g/mol. The number of aromatic nitrogens is 1. The summed E-state index contributed by atoms with van der Waals surface area (Å²) in [5.41, 5.74) is 1.23. The molecule has 5 rings (SSSR count). The number of fused-ring (bicyclic) bond motifs is 2. The second-order valence-corrected chi connectivity index (χ2v) is 10.2. The highest BCUT2D eigenvalue weighted by atomic mass is 19.4. The van der Waals surface area contributed by atoms with E-state index in [0.717, 1.165) is 23.6 Å². The SMILES string of the molecule is COc1ccc(-c2ncco2)cc1C(=O)N[C@@H]1C2CCC(C2=C(C)C)[C@@H]1C(=O)Nc1ccc(F)c(C(F)(F)F)c1. The summed E-state index contributed by atoms with van der Waals surface area (Å²) in [5.74, 6) is -2.87. The fourth-order valence-electron chi connectivity index (χ4n) is 6.13. The Balaban J connectivity index is 1.45. The van der Waals surface area contributed by atoms with Gasteiger partial charge in [-0.15, -0.1) is 0 Å². The third-order valence-electron chi connectivity index (χ3n) is 7.68. The fourth-order valence-corrected chi connectivity index (χ4v) is 6.13.